The maximum atomic E-state index is 13.5. The first kappa shape index (κ1) is 24.8. The fourth-order valence-electron chi connectivity index (χ4n) is 3.35. The minimum Gasteiger partial charge on any atom is -0.309 e. The summed E-state index contributed by atoms with van der Waals surface area (Å²) in [5, 5.41) is 6.86. The van der Waals surface area contributed by atoms with Crippen molar-refractivity contribution in [2.45, 2.75) is 19.5 Å². The normalized spacial score (nSPS) is 13.8. The molecule has 0 saturated carbocycles. The number of nitrogens with one attached hydrogen (secondary N) is 2. The molecule has 172 valence electrons. The maximum absolute atomic E-state index is 13.5. The highest BCUT2D eigenvalue weighted by Gasteiger charge is 2.33. The summed E-state index contributed by atoms with van der Waals surface area (Å²) in [4.78, 5) is 33.7. The Kier molecular flexibility index (Phi) is 7.81. The number of amides is 3. The van der Waals surface area contributed by atoms with E-state index >= 15 is 0 Å². The van der Waals surface area contributed by atoms with Gasteiger partial charge in [-0.1, -0.05) is 23.2 Å². The van der Waals surface area contributed by atoms with E-state index in [0.717, 1.165) is 0 Å². The van der Waals surface area contributed by atoms with Gasteiger partial charge in [-0.05, 0) is 74.6 Å². The minimum absolute atomic E-state index is 0. The van der Waals surface area contributed by atoms with Crippen molar-refractivity contribution in [1.29, 1.82) is 0 Å². The Morgan fingerprint density at radius 3 is 2.12 bits per heavy atom. The van der Waals surface area contributed by atoms with Crippen molar-refractivity contribution in [1.82, 2.24) is 10.3 Å². The van der Waals surface area contributed by atoms with Crippen LogP contribution in [0.4, 0.5) is 27.7 Å². The number of pyridine rings is 1. The van der Waals surface area contributed by atoms with Crippen molar-refractivity contribution in [2.24, 2.45) is 0 Å². The summed E-state index contributed by atoms with van der Waals surface area (Å²) in [5.41, 5.74) is 2.62. The fourth-order valence-corrected chi connectivity index (χ4v) is 3.60. The van der Waals surface area contributed by atoms with Crippen LogP contribution in [0.15, 0.2) is 60.7 Å². The number of carbonyl (C=O) groups is 2. The smallest absolute Gasteiger partial charge is 0.309 e. The summed E-state index contributed by atoms with van der Waals surface area (Å²) in [6, 6.07) is 16.9. The SMILES string of the molecule is CN[C@@H](C)C(=O)Nc1ccc2c(n1)CN(c1ccc(Cl)cc1)C(=O)N2c1ccc(Cl)cc1.Cl. The van der Waals surface area contributed by atoms with Crippen molar-refractivity contribution in [2.75, 3.05) is 22.2 Å². The van der Waals surface area contributed by atoms with Gasteiger partial charge in [-0.3, -0.25) is 14.6 Å². The lowest BCUT2D eigenvalue weighted by Crippen LogP contribution is -2.45. The predicted molar refractivity (Wildman–Crippen MR) is 135 cm³/mol. The van der Waals surface area contributed by atoms with Gasteiger partial charge in [-0.2, -0.15) is 0 Å². The van der Waals surface area contributed by atoms with Gasteiger partial charge in [0.1, 0.15) is 5.82 Å². The number of anilines is 4. The first-order valence-electron chi connectivity index (χ1n) is 9.98. The Morgan fingerprint density at radius 1 is 0.970 bits per heavy atom. The molecule has 0 saturated heterocycles. The highest BCUT2D eigenvalue weighted by molar-refractivity contribution is 6.31. The van der Waals surface area contributed by atoms with Gasteiger partial charge in [-0.15, -0.1) is 12.4 Å². The summed E-state index contributed by atoms with van der Waals surface area (Å²) in [6.45, 7) is 2.00. The number of hydrogen-bond donors (Lipinski definition) is 2. The lowest BCUT2D eigenvalue weighted by atomic mass is 10.1. The zero-order valence-electron chi connectivity index (χ0n) is 17.9. The van der Waals surface area contributed by atoms with Crippen LogP contribution >= 0.6 is 35.6 Å². The van der Waals surface area contributed by atoms with Crippen LogP contribution in [-0.2, 0) is 11.3 Å². The van der Waals surface area contributed by atoms with Crippen LogP contribution in [0, 0.1) is 0 Å². The number of likely N-dealkylation sites (N-methyl/N-ethyl adjacent to an activating group) is 1. The summed E-state index contributed by atoms with van der Waals surface area (Å²) in [6.07, 6.45) is 0. The summed E-state index contributed by atoms with van der Waals surface area (Å²) in [7, 11) is 1.71. The number of halogens is 3. The van der Waals surface area contributed by atoms with Crippen molar-refractivity contribution in [3.05, 3.63) is 76.4 Å². The van der Waals surface area contributed by atoms with E-state index in [4.69, 9.17) is 23.2 Å². The molecule has 4 rings (SSSR count). The number of aromatic nitrogens is 1. The average Bonchev–Trinajstić information content (AvgIpc) is 2.79. The Hall–Kier alpha value is -2.84. The van der Waals surface area contributed by atoms with Gasteiger partial charge in [0.15, 0.2) is 0 Å². The zero-order valence-corrected chi connectivity index (χ0v) is 20.2. The molecule has 7 nitrogen and oxygen atoms in total. The summed E-state index contributed by atoms with van der Waals surface area (Å²) in [5.74, 6) is 0.216. The third-order valence-corrected chi connectivity index (χ3v) is 5.73. The molecule has 33 heavy (non-hydrogen) atoms. The molecule has 0 fully saturated rings. The molecule has 1 aliphatic heterocycles. The molecule has 0 bridgehead atoms. The van der Waals surface area contributed by atoms with Crippen LogP contribution in [0.25, 0.3) is 0 Å². The lowest BCUT2D eigenvalue weighted by Gasteiger charge is -2.36. The second-order valence-corrected chi connectivity index (χ2v) is 8.19. The molecule has 2 aromatic carbocycles. The molecule has 1 aromatic heterocycles. The van der Waals surface area contributed by atoms with E-state index < -0.39 is 0 Å². The number of benzene rings is 2. The number of nitrogens with zero attached hydrogens (tertiary/aromatic N) is 3. The van der Waals surface area contributed by atoms with E-state index in [1.807, 2.05) is 0 Å². The van der Waals surface area contributed by atoms with E-state index in [9.17, 15) is 9.59 Å². The third-order valence-electron chi connectivity index (χ3n) is 5.22. The maximum Gasteiger partial charge on any atom is 0.334 e. The fraction of sp³-hybridized carbons (Fsp3) is 0.174. The van der Waals surface area contributed by atoms with Crippen LogP contribution in [-0.4, -0.2) is 30.0 Å². The molecule has 0 aliphatic carbocycles. The van der Waals surface area contributed by atoms with Crippen LogP contribution in [0.2, 0.25) is 10.0 Å². The summed E-state index contributed by atoms with van der Waals surface area (Å²) < 4.78 is 0. The predicted octanol–water partition coefficient (Wildman–Crippen LogP) is 5.63. The number of hydrogen-bond acceptors (Lipinski definition) is 4. The van der Waals surface area contributed by atoms with Gasteiger partial charge >= 0.3 is 6.03 Å². The largest absolute Gasteiger partial charge is 0.334 e. The number of urea groups is 1. The molecular weight excluding hydrogens is 485 g/mol. The monoisotopic (exact) mass is 505 g/mol. The van der Waals surface area contributed by atoms with Crippen LogP contribution in [0.5, 0.6) is 0 Å². The summed E-state index contributed by atoms with van der Waals surface area (Å²) >= 11 is 12.1. The molecule has 1 aliphatic rings. The highest BCUT2D eigenvalue weighted by Crippen LogP contribution is 2.37. The molecule has 0 radical (unpaired) electrons. The first-order valence-corrected chi connectivity index (χ1v) is 10.7. The van der Waals surface area contributed by atoms with Crippen LogP contribution in [0.1, 0.15) is 12.6 Å². The second kappa shape index (κ2) is 10.4. The molecule has 2 N–H and O–H groups in total. The first-order chi connectivity index (χ1) is 15.4. The van der Waals surface area contributed by atoms with Crippen LogP contribution < -0.4 is 20.4 Å². The van der Waals surface area contributed by atoms with Gasteiger partial charge in [0.25, 0.3) is 0 Å². The second-order valence-electron chi connectivity index (χ2n) is 7.32. The van der Waals surface area contributed by atoms with Crippen molar-refractivity contribution >= 4 is 70.4 Å². The topological polar surface area (TPSA) is 77.6 Å². The number of rotatable bonds is 5. The quantitative estimate of drug-likeness (QED) is 0.470. The Labute approximate surface area is 208 Å². The molecular formula is C23H22Cl3N5O2. The van der Waals surface area contributed by atoms with Gasteiger partial charge in [0, 0.05) is 15.7 Å². The van der Waals surface area contributed by atoms with Crippen molar-refractivity contribution in [3.63, 3.8) is 0 Å². The van der Waals surface area contributed by atoms with Crippen molar-refractivity contribution < 1.29 is 9.59 Å². The van der Waals surface area contributed by atoms with E-state index in [1.165, 1.54) is 0 Å². The third kappa shape index (κ3) is 5.23. The van der Waals surface area contributed by atoms with E-state index in [0.29, 0.717) is 38.6 Å². The molecule has 1 atom stereocenters. The Bertz CT molecular complexity index is 1160. The molecule has 3 aromatic rings. The van der Waals surface area contributed by atoms with Gasteiger partial charge < -0.3 is 10.6 Å². The van der Waals surface area contributed by atoms with Gasteiger partial charge in [-0.25, -0.2) is 9.78 Å². The van der Waals surface area contributed by atoms with E-state index in [-0.39, 0.29) is 36.9 Å². The van der Waals surface area contributed by atoms with Crippen LogP contribution in [0.3, 0.4) is 0 Å². The van der Waals surface area contributed by atoms with Gasteiger partial charge in [0.05, 0.1) is 29.7 Å². The lowest BCUT2D eigenvalue weighted by molar-refractivity contribution is -0.117. The molecule has 2 heterocycles. The van der Waals surface area contributed by atoms with E-state index in [1.54, 1.807) is 84.4 Å². The number of carbonyl (C=O) groups excluding carboxylic acids is 2. The molecule has 3 amide bonds. The Balaban J connectivity index is 0.00000306. The van der Waals surface area contributed by atoms with Gasteiger partial charge in [0.2, 0.25) is 5.91 Å². The molecule has 0 unspecified atom stereocenters. The zero-order chi connectivity index (χ0) is 22.8. The minimum atomic E-state index is -0.370. The average molecular weight is 507 g/mol. The molecule has 0 spiro atoms. The number of fused-ring (bicyclic) bond motifs is 1. The molecule has 10 heteroatoms. The van der Waals surface area contributed by atoms with E-state index in [2.05, 4.69) is 15.6 Å². The van der Waals surface area contributed by atoms with Crippen molar-refractivity contribution in [3.8, 4) is 0 Å². The standard InChI is InChI=1S/C23H21Cl2N5O2.ClH/c1-14(26-2)22(31)28-21-12-11-20-19(27-21)13-29(17-7-3-15(24)4-8-17)23(32)30(20)18-9-5-16(25)6-10-18;/h3-12,14,26H,13H2,1-2H3,(H,27,28,31);1H/t14-;/m0./s1. The highest BCUT2D eigenvalue weighted by atomic mass is 35.5. The Morgan fingerprint density at radius 2 is 1.55 bits per heavy atom.